The first kappa shape index (κ1) is 13.1. The zero-order valence-corrected chi connectivity index (χ0v) is 10.3. The molecule has 16 heavy (non-hydrogen) atoms. The second-order valence-corrected chi connectivity index (χ2v) is 4.46. The van der Waals surface area contributed by atoms with Gasteiger partial charge < -0.3 is 5.32 Å². The predicted octanol–water partition coefficient (Wildman–Crippen LogP) is 2.79. The van der Waals surface area contributed by atoms with Crippen LogP contribution < -0.4 is 5.32 Å². The number of nitrogens with zero attached hydrogens (tertiary/aromatic N) is 1. The third kappa shape index (κ3) is 4.27. The second kappa shape index (κ2) is 6.59. The molecule has 0 aromatic carbocycles. The fourth-order valence-corrected chi connectivity index (χ4v) is 1.85. The molecule has 1 rings (SSSR count). The molecule has 1 aromatic rings. The lowest BCUT2D eigenvalue weighted by Crippen LogP contribution is -2.34. The lowest BCUT2D eigenvalue weighted by molar-refractivity contribution is 0.385. The zero-order valence-electron chi connectivity index (χ0n) is 10.3. The van der Waals surface area contributed by atoms with Crippen LogP contribution in [0.25, 0.3) is 0 Å². The van der Waals surface area contributed by atoms with E-state index in [9.17, 15) is 4.39 Å². The maximum absolute atomic E-state index is 12.9. The van der Waals surface area contributed by atoms with Crippen molar-refractivity contribution in [1.82, 2.24) is 10.3 Å². The maximum atomic E-state index is 12.9. The Morgan fingerprint density at radius 2 is 2.12 bits per heavy atom. The Bertz CT molecular complexity index is 313. The molecule has 0 saturated carbocycles. The number of pyridine rings is 1. The summed E-state index contributed by atoms with van der Waals surface area (Å²) in [6, 6.07) is 2.06. The number of rotatable bonds is 6. The number of hydrogen-bond acceptors (Lipinski definition) is 2. The minimum Gasteiger partial charge on any atom is -0.314 e. The van der Waals surface area contributed by atoms with Gasteiger partial charge in [0.2, 0.25) is 0 Å². The molecule has 1 aromatic heterocycles. The summed E-state index contributed by atoms with van der Waals surface area (Å²) in [6.45, 7) is 7.50. The summed E-state index contributed by atoms with van der Waals surface area (Å²) in [6.07, 6.45) is 4.89. The number of aryl methyl sites for hydroxylation is 1. The number of halogens is 1. The molecule has 90 valence electrons. The minimum absolute atomic E-state index is 0.248. The highest BCUT2D eigenvalue weighted by atomic mass is 19.1. The topological polar surface area (TPSA) is 24.9 Å². The van der Waals surface area contributed by atoms with E-state index in [0.29, 0.717) is 12.0 Å². The average molecular weight is 224 g/mol. The molecule has 1 unspecified atom stereocenters. The Morgan fingerprint density at radius 1 is 1.38 bits per heavy atom. The van der Waals surface area contributed by atoms with E-state index in [4.69, 9.17) is 0 Å². The molecule has 1 N–H and O–H groups in total. The molecule has 0 amide bonds. The van der Waals surface area contributed by atoms with Crippen molar-refractivity contribution >= 4 is 0 Å². The molecule has 1 atom stereocenters. The van der Waals surface area contributed by atoms with E-state index in [1.165, 1.54) is 6.20 Å². The van der Waals surface area contributed by atoms with Crippen molar-refractivity contribution in [3.8, 4) is 0 Å². The summed E-state index contributed by atoms with van der Waals surface area (Å²) in [5.74, 6) is 0.350. The quantitative estimate of drug-likeness (QED) is 0.803. The van der Waals surface area contributed by atoms with Gasteiger partial charge in [-0.1, -0.05) is 20.8 Å². The van der Waals surface area contributed by atoms with Gasteiger partial charge >= 0.3 is 0 Å². The predicted molar refractivity (Wildman–Crippen MR) is 64.8 cm³/mol. The van der Waals surface area contributed by atoms with Gasteiger partial charge in [0.05, 0.1) is 6.20 Å². The van der Waals surface area contributed by atoms with Crippen LogP contribution in [0.3, 0.4) is 0 Å². The van der Waals surface area contributed by atoms with E-state index < -0.39 is 0 Å². The molecule has 0 bridgehead atoms. The van der Waals surface area contributed by atoms with Gasteiger partial charge in [-0.2, -0.15) is 0 Å². The number of aromatic nitrogens is 1. The Kier molecular flexibility index (Phi) is 5.39. The van der Waals surface area contributed by atoms with Crippen LogP contribution in [0.5, 0.6) is 0 Å². The van der Waals surface area contributed by atoms with Crippen LogP contribution in [0, 0.1) is 11.7 Å². The molecular weight excluding hydrogens is 203 g/mol. The van der Waals surface area contributed by atoms with Gasteiger partial charge in [0.25, 0.3) is 0 Å². The van der Waals surface area contributed by atoms with E-state index in [1.54, 1.807) is 12.3 Å². The van der Waals surface area contributed by atoms with Crippen molar-refractivity contribution in [2.24, 2.45) is 5.92 Å². The molecule has 0 aliphatic carbocycles. The first-order chi connectivity index (χ1) is 7.63. The van der Waals surface area contributed by atoms with Crippen LogP contribution in [-0.4, -0.2) is 17.6 Å². The van der Waals surface area contributed by atoms with E-state index in [-0.39, 0.29) is 5.82 Å². The summed E-state index contributed by atoms with van der Waals surface area (Å²) >= 11 is 0. The largest absolute Gasteiger partial charge is 0.314 e. The summed E-state index contributed by atoms with van der Waals surface area (Å²) in [5.41, 5.74) is 0.976. The normalized spacial score (nSPS) is 13.1. The molecule has 0 fully saturated rings. The van der Waals surface area contributed by atoms with Gasteiger partial charge in [-0.25, -0.2) is 4.39 Å². The molecule has 0 spiro atoms. The van der Waals surface area contributed by atoms with Crippen molar-refractivity contribution in [3.63, 3.8) is 0 Å². The molecule has 0 radical (unpaired) electrons. The van der Waals surface area contributed by atoms with Crippen molar-refractivity contribution in [2.45, 2.75) is 39.7 Å². The summed E-state index contributed by atoms with van der Waals surface area (Å²) in [4.78, 5) is 3.86. The van der Waals surface area contributed by atoms with Crippen molar-refractivity contribution in [3.05, 3.63) is 29.8 Å². The Labute approximate surface area is 97.3 Å². The Balaban J connectivity index is 2.48. The maximum Gasteiger partial charge on any atom is 0.141 e. The van der Waals surface area contributed by atoms with Gasteiger partial charge in [0, 0.05) is 12.2 Å². The van der Waals surface area contributed by atoms with Crippen LogP contribution in [0.2, 0.25) is 0 Å². The van der Waals surface area contributed by atoms with Crippen LogP contribution in [-0.2, 0) is 6.42 Å². The summed E-state index contributed by atoms with van der Waals surface area (Å²) in [5, 5.41) is 3.45. The van der Waals surface area contributed by atoms with Crippen LogP contribution in [0.4, 0.5) is 4.39 Å². The Morgan fingerprint density at radius 3 is 2.69 bits per heavy atom. The van der Waals surface area contributed by atoms with Crippen molar-refractivity contribution < 1.29 is 4.39 Å². The SMILES string of the molecule is CCNC(CCc1cncc(F)c1)C(C)C. The average Bonchev–Trinajstić information content (AvgIpc) is 2.24. The van der Waals surface area contributed by atoms with E-state index in [2.05, 4.69) is 31.1 Å². The lowest BCUT2D eigenvalue weighted by atomic mass is 9.97. The zero-order chi connectivity index (χ0) is 12.0. The van der Waals surface area contributed by atoms with E-state index in [1.807, 2.05) is 0 Å². The van der Waals surface area contributed by atoms with Gasteiger partial charge in [0.1, 0.15) is 5.82 Å². The monoisotopic (exact) mass is 224 g/mol. The first-order valence-electron chi connectivity index (χ1n) is 5.96. The van der Waals surface area contributed by atoms with E-state index >= 15 is 0 Å². The van der Waals surface area contributed by atoms with Gasteiger partial charge in [0.15, 0.2) is 0 Å². The standard InChI is InChI=1S/C13H21FN2/c1-4-16-13(10(2)3)6-5-11-7-12(14)9-15-8-11/h7-10,13,16H,4-6H2,1-3H3. The number of hydrogen-bond donors (Lipinski definition) is 1. The molecular formula is C13H21FN2. The summed E-state index contributed by atoms with van der Waals surface area (Å²) in [7, 11) is 0. The highest BCUT2D eigenvalue weighted by molar-refractivity contribution is 5.10. The van der Waals surface area contributed by atoms with E-state index in [0.717, 1.165) is 24.9 Å². The second-order valence-electron chi connectivity index (χ2n) is 4.46. The summed E-state index contributed by atoms with van der Waals surface area (Å²) < 4.78 is 12.9. The fraction of sp³-hybridized carbons (Fsp3) is 0.615. The minimum atomic E-state index is -0.248. The Hall–Kier alpha value is -0.960. The van der Waals surface area contributed by atoms with Gasteiger partial charge in [-0.05, 0) is 36.9 Å². The highest BCUT2D eigenvalue weighted by Gasteiger charge is 2.11. The number of nitrogens with one attached hydrogen (secondary N) is 1. The van der Waals surface area contributed by atoms with Crippen LogP contribution >= 0.6 is 0 Å². The van der Waals surface area contributed by atoms with Gasteiger partial charge in [-0.3, -0.25) is 4.98 Å². The lowest BCUT2D eigenvalue weighted by Gasteiger charge is -2.21. The van der Waals surface area contributed by atoms with Crippen LogP contribution in [0.15, 0.2) is 18.5 Å². The first-order valence-corrected chi connectivity index (χ1v) is 5.96. The molecule has 3 heteroatoms. The van der Waals surface area contributed by atoms with Crippen LogP contribution in [0.1, 0.15) is 32.8 Å². The molecule has 0 aliphatic heterocycles. The molecule has 0 aliphatic rings. The van der Waals surface area contributed by atoms with Crippen molar-refractivity contribution in [2.75, 3.05) is 6.54 Å². The van der Waals surface area contributed by atoms with Crippen molar-refractivity contribution in [1.29, 1.82) is 0 Å². The smallest absolute Gasteiger partial charge is 0.141 e. The van der Waals surface area contributed by atoms with Gasteiger partial charge in [-0.15, -0.1) is 0 Å². The molecule has 1 heterocycles. The highest BCUT2D eigenvalue weighted by Crippen LogP contribution is 2.11. The fourth-order valence-electron chi connectivity index (χ4n) is 1.85. The third-order valence-corrected chi connectivity index (χ3v) is 2.78. The molecule has 0 saturated heterocycles. The third-order valence-electron chi connectivity index (χ3n) is 2.78. The molecule has 2 nitrogen and oxygen atoms in total.